The van der Waals surface area contributed by atoms with E-state index in [1.54, 1.807) is 12.1 Å². The van der Waals surface area contributed by atoms with Gasteiger partial charge in [0.15, 0.2) is 6.61 Å². The van der Waals surface area contributed by atoms with E-state index in [2.05, 4.69) is 0 Å². The number of nitrogens with zero attached hydrogens (tertiary/aromatic N) is 1. The molecule has 3 rings (SSSR count). The number of hydrogen-bond donors (Lipinski definition) is 0. The Morgan fingerprint density at radius 2 is 1.71 bits per heavy atom. The zero-order chi connectivity index (χ0) is 17.3. The molecule has 0 aromatic heterocycles. The first kappa shape index (κ1) is 15.9. The second-order valence-corrected chi connectivity index (χ2v) is 5.19. The van der Waals surface area contributed by atoms with Crippen LogP contribution in [-0.4, -0.2) is 29.5 Å². The van der Waals surface area contributed by atoms with Gasteiger partial charge in [0, 0.05) is 6.07 Å². The number of ether oxygens (including phenoxy) is 1. The van der Waals surface area contributed by atoms with Crippen LogP contribution in [0.25, 0.3) is 0 Å². The Labute approximate surface area is 140 Å². The molecule has 0 saturated heterocycles. The van der Waals surface area contributed by atoms with E-state index in [0.717, 1.165) is 6.07 Å². The fraction of sp³-hybridized carbons (Fsp3) is 0.0625. The lowest BCUT2D eigenvalue weighted by Gasteiger charge is -2.13. The van der Waals surface area contributed by atoms with Crippen molar-refractivity contribution >= 4 is 29.4 Å². The lowest BCUT2D eigenvalue weighted by Crippen LogP contribution is -2.34. The van der Waals surface area contributed by atoms with Gasteiger partial charge in [0.25, 0.3) is 11.8 Å². The summed E-state index contributed by atoms with van der Waals surface area (Å²) in [4.78, 5) is 40.5. The third kappa shape index (κ3) is 2.93. The fourth-order valence-electron chi connectivity index (χ4n) is 2.09. The SMILES string of the molecule is O=C(COc1ccc(Cl)c(F)c1)ON1C(=O)c2ccccc2C1=O. The maximum Gasteiger partial charge on any atom is 0.370 e. The van der Waals surface area contributed by atoms with Gasteiger partial charge in [0.1, 0.15) is 11.6 Å². The lowest BCUT2D eigenvalue weighted by atomic mass is 10.1. The summed E-state index contributed by atoms with van der Waals surface area (Å²) in [6.07, 6.45) is 0. The highest BCUT2D eigenvalue weighted by atomic mass is 35.5. The Morgan fingerprint density at radius 1 is 1.08 bits per heavy atom. The van der Waals surface area contributed by atoms with Gasteiger partial charge in [-0.1, -0.05) is 28.8 Å². The number of carbonyl (C=O) groups excluding carboxylic acids is 3. The zero-order valence-corrected chi connectivity index (χ0v) is 12.7. The van der Waals surface area contributed by atoms with E-state index in [9.17, 15) is 18.8 Å². The monoisotopic (exact) mass is 349 g/mol. The number of hydroxylamine groups is 2. The number of amides is 2. The molecule has 122 valence electrons. The molecule has 0 atom stereocenters. The Morgan fingerprint density at radius 3 is 2.29 bits per heavy atom. The van der Waals surface area contributed by atoms with Gasteiger partial charge in [-0.3, -0.25) is 9.59 Å². The molecule has 2 aromatic rings. The minimum Gasteiger partial charge on any atom is -0.482 e. The molecule has 0 saturated carbocycles. The molecule has 24 heavy (non-hydrogen) atoms. The van der Waals surface area contributed by atoms with E-state index >= 15 is 0 Å². The molecule has 2 amide bonds. The van der Waals surface area contributed by atoms with Crippen molar-refractivity contribution in [1.29, 1.82) is 0 Å². The average Bonchev–Trinajstić information content (AvgIpc) is 2.81. The molecule has 2 aromatic carbocycles. The molecule has 0 unspecified atom stereocenters. The van der Waals surface area contributed by atoms with Crippen LogP contribution in [0.5, 0.6) is 5.75 Å². The molecule has 0 radical (unpaired) electrons. The third-order valence-electron chi connectivity index (χ3n) is 3.20. The number of halogens is 2. The van der Waals surface area contributed by atoms with Crippen molar-refractivity contribution in [1.82, 2.24) is 5.06 Å². The maximum atomic E-state index is 13.3. The van der Waals surface area contributed by atoms with E-state index in [-0.39, 0.29) is 21.9 Å². The van der Waals surface area contributed by atoms with Crippen LogP contribution in [0, 0.1) is 5.82 Å². The predicted molar refractivity (Wildman–Crippen MR) is 79.9 cm³/mol. The van der Waals surface area contributed by atoms with Gasteiger partial charge in [0.2, 0.25) is 0 Å². The van der Waals surface area contributed by atoms with Crippen LogP contribution in [-0.2, 0) is 9.63 Å². The van der Waals surface area contributed by atoms with Gasteiger partial charge in [-0.2, -0.15) is 0 Å². The Hall–Kier alpha value is -2.93. The highest BCUT2D eigenvalue weighted by Crippen LogP contribution is 2.23. The number of rotatable bonds is 4. The van der Waals surface area contributed by atoms with Crippen molar-refractivity contribution in [2.45, 2.75) is 0 Å². The predicted octanol–water partition coefficient (Wildman–Crippen LogP) is 2.61. The zero-order valence-electron chi connectivity index (χ0n) is 12.0. The molecule has 6 nitrogen and oxygen atoms in total. The van der Waals surface area contributed by atoms with E-state index in [0.29, 0.717) is 5.06 Å². The van der Waals surface area contributed by atoms with Crippen molar-refractivity contribution in [2.75, 3.05) is 6.61 Å². The van der Waals surface area contributed by atoms with Crippen LogP contribution in [0.3, 0.4) is 0 Å². The van der Waals surface area contributed by atoms with Crippen LogP contribution in [0.2, 0.25) is 5.02 Å². The topological polar surface area (TPSA) is 72.9 Å². The molecule has 1 heterocycles. The van der Waals surface area contributed by atoms with Crippen LogP contribution in [0.15, 0.2) is 42.5 Å². The highest BCUT2D eigenvalue weighted by Gasteiger charge is 2.38. The summed E-state index contributed by atoms with van der Waals surface area (Å²) < 4.78 is 18.3. The van der Waals surface area contributed by atoms with Crippen LogP contribution in [0.1, 0.15) is 20.7 Å². The first-order valence-electron chi connectivity index (χ1n) is 6.74. The van der Waals surface area contributed by atoms with Gasteiger partial charge in [-0.15, -0.1) is 0 Å². The standard InChI is InChI=1S/C16H9ClFNO5/c17-12-6-5-9(7-13(12)18)23-8-14(20)24-19-15(21)10-3-1-2-4-11(10)16(19)22/h1-7H,8H2. The van der Waals surface area contributed by atoms with Crippen molar-refractivity contribution in [3.63, 3.8) is 0 Å². The van der Waals surface area contributed by atoms with E-state index < -0.39 is 30.2 Å². The summed E-state index contributed by atoms with van der Waals surface area (Å²) in [7, 11) is 0. The van der Waals surface area contributed by atoms with Gasteiger partial charge in [-0.05, 0) is 24.3 Å². The lowest BCUT2D eigenvalue weighted by molar-refractivity contribution is -0.170. The molecule has 0 fully saturated rings. The molecular weight excluding hydrogens is 341 g/mol. The molecule has 0 bridgehead atoms. The Bertz CT molecular complexity index is 819. The maximum absolute atomic E-state index is 13.3. The minimum absolute atomic E-state index is 0.0520. The molecular formula is C16H9ClFNO5. The number of fused-ring (bicyclic) bond motifs is 1. The normalized spacial score (nSPS) is 13.0. The van der Waals surface area contributed by atoms with Crippen LogP contribution < -0.4 is 4.74 Å². The molecule has 1 aliphatic heterocycles. The number of hydrogen-bond acceptors (Lipinski definition) is 5. The highest BCUT2D eigenvalue weighted by molar-refractivity contribution is 6.30. The number of benzene rings is 2. The molecule has 1 aliphatic rings. The summed E-state index contributed by atoms with van der Waals surface area (Å²) >= 11 is 5.53. The van der Waals surface area contributed by atoms with Crippen LogP contribution >= 0.6 is 11.6 Å². The first-order chi connectivity index (χ1) is 11.5. The minimum atomic E-state index is -0.986. The van der Waals surface area contributed by atoms with Gasteiger partial charge in [0.05, 0.1) is 16.1 Å². The van der Waals surface area contributed by atoms with E-state index in [4.69, 9.17) is 21.2 Å². The summed E-state index contributed by atoms with van der Waals surface area (Å²) in [6, 6.07) is 9.72. The van der Waals surface area contributed by atoms with Crippen molar-refractivity contribution in [3.05, 3.63) is 64.4 Å². The number of imide groups is 1. The smallest absolute Gasteiger partial charge is 0.370 e. The Balaban J connectivity index is 1.63. The second-order valence-electron chi connectivity index (χ2n) is 4.78. The summed E-state index contributed by atoms with van der Waals surface area (Å²) in [5.41, 5.74) is 0.298. The quantitative estimate of drug-likeness (QED) is 0.793. The Kier molecular flexibility index (Phi) is 4.18. The van der Waals surface area contributed by atoms with E-state index in [1.165, 1.54) is 24.3 Å². The largest absolute Gasteiger partial charge is 0.482 e. The van der Waals surface area contributed by atoms with Crippen LogP contribution in [0.4, 0.5) is 4.39 Å². The summed E-state index contributed by atoms with van der Waals surface area (Å²) in [5, 5.41) is 0.287. The van der Waals surface area contributed by atoms with Crippen molar-refractivity contribution in [3.8, 4) is 5.75 Å². The third-order valence-corrected chi connectivity index (χ3v) is 3.50. The summed E-state index contributed by atoms with van der Waals surface area (Å²) in [6.45, 7) is -0.617. The average molecular weight is 350 g/mol. The molecule has 0 spiro atoms. The van der Waals surface area contributed by atoms with E-state index in [1.807, 2.05) is 0 Å². The van der Waals surface area contributed by atoms with Crippen molar-refractivity contribution < 1.29 is 28.3 Å². The molecule has 0 N–H and O–H groups in total. The van der Waals surface area contributed by atoms with Crippen molar-refractivity contribution in [2.24, 2.45) is 0 Å². The van der Waals surface area contributed by atoms with Gasteiger partial charge >= 0.3 is 5.97 Å². The molecule has 8 heteroatoms. The second kappa shape index (κ2) is 6.29. The van der Waals surface area contributed by atoms with Gasteiger partial charge < -0.3 is 9.57 Å². The number of carbonyl (C=O) groups is 3. The first-order valence-corrected chi connectivity index (χ1v) is 7.11. The fourth-order valence-corrected chi connectivity index (χ4v) is 2.20. The summed E-state index contributed by atoms with van der Waals surface area (Å²) in [5.74, 6) is -3.11. The molecule has 0 aliphatic carbocycles. The van der Waals surface area contributed by atoms with Gasteiger partial charge in [-0.25, -0.2) is 9.18 Å².